The van der Waals surface area contributed by atoms with Gasteiger partial charge in [0, 0.05) is 12.2 Å². The minimum absolute atomic E-state index is 0.334. The van der Waals surface area contributed by atoms with E-state index < -0.39 is 12.5 Å². The van der Waals surface area contributed by atoms with Gasteiger partial charge in [0.25, 0.3) is 0 Å². The second-order valence-corrected chi connectivity index (χ2v) is 4.54. The summed E-state index contributed by atoms with van der Waals surface area (Å²) in [5.74, 6) is -0.478. The van der Waals surface area contributed by atoms with Crippen molar-refractivity contribution in [2.75, 3.05) is 13.1 Å². The van der Waals surface area contributed by atoms with E-state index in [1.807, 2.05) is 0 Å². The highest BCUT2D eigenvalue weighted by molar-refractivity contribution is 5.76. The van der Waals surface area contributed by atoms with Crippen molar-refractivity contribution in [2.24, 2.45) is 0 Å². The molecular formula is C14H21NO2. The van der Waals surface area contributed by atoms with Crippen molar-refractivity contribution >= 4 is 5.97 Å². The van der Waals surface area contributed by atoms with Gasteiger partial charge in [-0.1, -0.05) is 18.7 Å². The standard InChI is InChI=1S/C14H21NO2/c1-2-11-17-14(16)13-9-6-10-15(13)12-7-4-3-5-8-12/h2,7,13H,1,3-6,8-11H2/t13-/m0/s1/i11D2. The SMILES string of the molecule is [2H]C([2H])(C=C)OC(=O)[C@@H]1CCCN1C1=CCCCC1. The molecule has 17 heavy (non-hydrogen) atoms. The average Bonchev–Trinajstić information content (AvgIpc) is 2.88. The molecular weight excluding hydrogens is 214 g/mol. The van der Waals surface area contributed by atoms with Crippen LogP contribution in [0, 0.1) is 0 Å². The Bertz CT molecular complexity index is 393. The van der Waals surface area contributed by atoms with Crippen molar-refractivity contribution in [1.29, 1.82) is 0 Å². The number of allylic oxidation sites excluding steroid dienone is 2. The quantitative estimate of drug-likeness (QED) is 0.556. The fourth-order valence-corrected chi connectivity index (χ4v) is 2.61. The maximum Gasteiger partial charge on any atom is 0.329 e. The summed E-state index contributed by atoms with van der Waals surface area (Å²) in [6, 6.07) is -0.334. The Kier molecular flexibility index (Phi) is 3.38. The Hall–Kier alpha value is -1.25. The van der Waals surface area contributed by atoms with Gasteiger partial charge in [-0.3, -0.25) is 0 Å². The summed E-state index contributed by atoms with van der Waals surface area (Å²) in [6.45, 7) is 2.13. The van der Waals surface area contributed by atoms with Crippen LogP contribution in [0.15, 0.2) is 24.4 Å². The topological polar surface area (TPSA) is 29.5 Å². The smallest absolute Gasteiger partial charge is 0.329 e. The highest BCUT2D eigenvalue weighted by Gasteiger charge is 2.33. The number of nitrogens with zero attached hydrogens (tertiary/aromatic N) is 1. The molecule has 1 atom stereocenters. The van der Waals surface area contributed by atoms with E-state index in [1.54, 1.807) is 0 Å². The zero-order valence-corrected chi connectivity index (χ0v) is 10.2. The lowest BCUT2D eigenvalue weighted by atomic mass is 10.0. The summed E-state index contributed by atoms with van der Waals surface area (Å²) in [7, 11) is 0. The van der Waals surface area contributed by atoms with Crippen LogP contribution in [0.2, 0.25) is 0 Å². The Morgan fingerprint density at radius 2 is 2.53 bits per heavy atom. The number of carbonyl (C=O) groups excluding carboxylic acids is 1. The van der Waals surface area contributed by atoms with Gasteiger partial charge in [0.1, 0.15) is 12.6 Å². The second-order valence-electron chi connectivity index (χ2n) is 4.54. The molecule has 0 unspecified atom stereocenters. The molecule has 1 aliphatic heterocycles. The van der Waals surface area contributed by atoms with E-state index >= 15 is 0 Å². The van der Waals surface area contributed by atoms with Gasteiger partial charge < -0.3 is 9.64 Å². The molecule has 3 heteroatoms. The van der Waals surface area contributed by atoms with Crippen molar-refractivity contribution in [3.05, 3.63) is 24.4 Å². The first kappa shape index (κ1) is 9.75. The van der Waals surface area contributed by atoms with E-state index in [2.05, 4.69) is 17.6 Å². The lowest BCUT2D eigenvalue weighted by Crippen LogP contribution is -2.37. The predicted octanol–water partition coefficient (Wildman–Crippen LogP) is 2.64. The van der Waals surface area contributed by atoms with Crippen molar-refractivity contribution in [3.63, 3.8) is 0 Å². The molecule has 3 nitrogen and oxygen atoms in total. The van der Waals surface area contributed by atoms with Gasteiger partial charge in [0.15, 0.2) is 0 Å². The largest absolute Gasteiger partial charge is 0.460 e. The molecule has 0 N–H and O–H groups in total. The Labute approximate surface area is 106 Å². The minimum Gasteiger partial charge on any atom is -0.460 e. The highest BCUT2D eigenvalue weighted by Crippen LogP contribution is 2.29. The van der Waals surface area contributed by atoms with Crippen LogP contribution in [0.3, 0.4) is 0 Å². The maximum absolute atomic E-state index is 12.1. The summed E-state index contributed by atoms with van der Waals surface area (Å²) < 4.78 is 19.8. The monoisotopic (exact) mass is 237 g/mol. The molecule has 1 saturated heterocycles. The number of hydrogen-bond donors (Lipinski definition) is 0. The highest BCUT2D eigenvalue weighted by atomic mass is 16.5. The van der Waals surface area contributed by atoms with Crippen LogP contribution in [0.1, 0.15) is 41.3 Å². The fourth-order valence-electron chi connectivity index (χ4n) is 2.61. The summed E-state index contributed by atoms with van der Waals surface area (Å²) >= 11 is 0. The summed E-state index contributed by atoms with van der Waals surface area (Å²) in [6.07, 6.45) is 9.38. The number of carbonyl (C=O) groups is 1. The molecule has 1 fully saturated rings. The average molecular weight is 237 g/mol. The molecule has 0 amide bonds. The summed E-state index contributed by atoms with van der Waals surface area (Å²) in [5.41, 5.74) is 1.23. The molecule has 0 radical (unpaired) electrons. The molecule has 94 valence electrons. The van der Waals surface area contributed by atoms with Crippen molar-refractivity contribution in [1.82, 2.24) is 4.90 Å². The lowest BCUT2D eigenvalue weighted by Gasteiger charge is -2.29. The first-order valence-corrected chi connectivity index (χ1v) is 6.35. The molecule has 0 aromatic rings. The van der Waals surface area contributed by atoms with Crippen LogP contribution in [0.4, 0.5) is 0 Å². The number of esters is 1. The van der Waals surface area contributed by atoms with Crippen LogP contribution in [0.25, 0.3) is 0 Å². The van der Waals surface area contributed by atoms with Crippen LogP contribution < -0.4 is 0 Å². The Balaban J connectivity index is 2.04. The predicted molar refractivity (Wildman–Crippen MR) is 67.4 cm³/mol. The van der Waals surface area contributed by atoms with E-state index in [1.165, 1.54) is 12.1 Å². The molecule has 2 rings (SSSR count). The van der Waals surface area contributed by atoms with Crippen molar-refractivity contribution in [2.45, 2.75) is 44.6 Å². The van der Waals surface area contributed by atoms with E-state index in [9.17, 15) is 4.79 Å². The van der Waals surface area contributed by atoms with Gasteiger partial charge in [0.05, 0.1) is 2.74 Å². The van der Waals surface area contributed by atoms with Crippen LogP contribution in [-0.4, -0.2) is 30.0 Å². The third-order valence-electron chi connectivity index (χ3n) is 3.40. The molecule has 1 aliphatic carbocycles. The molecule has 0 saturated carbocycles. The number of likely N-dealkylation sites (tertiary alicyclic amines) is 1. The second kappa shape index (κ2) is 5.89. The van der Waals surface area contributed by atoms with E-state index in [0.717, 1.165) is 44.7 Å². The van der Waals surface area contributed by atoms with E-state index in [0.29, 0.717) is 0 Å². The maximum atomic E-state index is 12.1. The summed E-state index contributed by atoms with van der Waals surface area (Å²) in [4.78, 5) is 14.2. The number of hydrogen-bond acceptors (Lipinski definition) is 3. The number of ether oxygens (including phenoxy) is 1. The van der Waals surface area contributed by atoms with Gasteiger partial charge in [-0.25, -0.2) is 4.79 Å². The molecule has 0 aromatic carbocycles. The summed E-state index contributed by atoms with van der Waals surface area (Å²) in [5, 5.41) is 0. The molecule has 1 heterocycles. The fraction of sp³-hybridized carbons (Fsp3) is 0.643. The van der Waals surface area contributed by atoms with Crippen LogP contribution >= 0.6 is 0 Å². The van der Waals surface area contributed by atoms with Gasteiger partial charge >= 0.3 is 5.97 Å². The third-order valence-corrected chi connectivity index (χ3v) is 3.40. The Morgan fingerprint density at radius 1 is 1.65 bits per heavy atom. The van der Waals surface area contributed by atoms with E-state index in [4.69, 9.17) is 7.48 Å². The normalized spacial score (nSPS) is 26.9. The third kappa shape index (κ3) is 2.90. The van der Waals surface area contributed by atoms with Gasteiger partial charge in [-0.2, -0.15) is 0 Å². The van der Waals surface area contributed by atoms with Crippen LogP contribution in [0.5, 0.6) is 0 Å². The van der Waals surface area contributed by atoms with Crippen LogP contribution in [-0.2, 0) is 9.53 Å². The minimum atomic E-state index is -2.08. The van der Waals surface area contributed by atoms with E-state index in [-0.39, 0.29) is 6.04 Å². The molecule has 0 spiro atoms. The van der Waals surface area contributed by atoms with Crippen molar-refractivity contribution < 1.29 is 12.3 Å². The van der Waals surface area contributed by atoms with Gasteiger partial charge in [0.2, 0.25) is 0 Å². The molecule has 0 aromatic heterocycles. The van der Waals surface area contributed by atoms with Gasteiger partial charge in [-0.15, -0.1) is 0 Å². The lowest BCUT2D eigenvalue weighted by molar-refractivity contribution is -0.147. The first-order valence-electron chi connectivity index (χ1n) is 7.35. The zero-order chi connectivity index (χ0) is 13.9. The Morgan fingerprint density at radius 3 is 3.24 bits per heavy atom. The van der Waals surface area contributed by atoms with Gasteiger partial charge in [-0.05, 0) is 38.5 Å². The van der Waals surface area contributed by atoms with Crippen molar-refractivity contribution in [3.8, 4) is 0 Å². The zero-order valence-electron chi connectivity index (χ0n) is 12.2. The number of rotatable bonds is 4. The first-order chi connectivity index (χ1) is 9.03. The molecule has 2 aliphatic rings. The molecule has 0 bridgehead atoms.